The number of hydrogen-bond donors (Lipinski definition) is 2. The van der Waals surface area contributed by atoms with Crippen LogP contribution in [0.25, 0.3) is 0 Å². The normalized spacial score (nSPS) is 16.4. The molecule has 0 aromatic carbocycles. The third kappa shape index (κ3) is 3.70. The zero-order valence-electron chi connectivity index (χ0n) is 10.9. The van der Waals surface area contributed by atoms with Crippen molar-refractivity contribution in [1.29, 1.82) is 0 Å². The van der Waals surface area contributed by atoms with Gasteiger partial charge < -0.3 is 14.9 Å². The molecule has 0 aliphatic rings. The van der Waals surface area contributed by atoms with Gasteiger partial charge in [-0.1, -0.05) is 13.8 Å². The van der Waals surface area contributed by atoms with E-state index in [-0.39, 0.29) is 19.4 Å². The molecule has 0 rings (SSSR count). The highest BCUT2D eigenvalue weighted by Gasteiger charge is 2.50. The van der Waals surface area contributed by atoms with E-state index in [0.29, 0.717) is 0 Å². The monoisotopic (exact) mass is 246 g/mol. The highest BCUT2D eigenvalue weighted by Crippen LogP contribution is 2.35. The van der Waals surface area contributed by atoms with Gasteiger partial charge in [0.1, 0.15) is 0 Å². The number of rotatable bonds is 7. The van der Waals surface area contributed by atoms with E-state index in [9.17, 15) is 19.8 Å². The molecule has 0 aliphatic carbocycles. The molecule has 0 fully saturated rings. The van der Waals surface area contributed by atoms with Crippen molar-refractivity contribution in [3.63, 3.8) is 0 Å². The summed E-state index contributed by atoms with van der Waals surface area (Å²) < 4.78 is 4.86. The van der Waals surface area contributed by atoms with Crippen LogP contribution >= 0.6 is 0 Å². The lowest BCUT2D eigenvalue weighted by Crippen LogP contribution is -2.45. The predicted molar refractivity (Wildman–Crippen MR) is 62.5 cm³/mol. The largest absolute Gasteiger partial charge is 0.480 e. The fraction of sp³-hybridized carbons (Fsp3) is 0.833. The average Bonchev–Trinajstić information content (AvgIpc) is 2.17. The van der Waals surface area contributed by atoms with Crippen LogP contribution in [0.2, 0.25) is 0 Å². The van der Waals surface area contributed by atoms with Crippen LogP contribution in [0.4, 0.5) is 0 Å². The van der Waals surface area contributed by atoms with Crippen molar-refractivity contribution >= 4 is 11.9 Å². The Hall–Kier alpha value is -1.10. The van der Waals surface area contributed by atoms with Gasteiger partial charge in [0.25, 0.3) is 0 Å². The van der Waals surface area contributed by atoms with Crippen molar-refractivity contribution in [2.45, 2.75) is 46.6 Å². The highest BCUT2D eigenvalue weighted by atomic mass is 16.5. The molecule has 17 heavy (non-hydrogen) atoms. The maximum Gasteiger partial charge on any atom is 0.323 e. The van der Waals surface area contributed by atoms with Crippen molar-refractivity contribution < 1.29 is 24.5 Å². The van der Waals surface area contributed by atoms with Gasteiger partial charge in [0, 0.05) is 0 Å². The van der Waals surface area contributed by atoms with E-state index in [4.69, 9.17) is 4.74 Å². The summed E-state index contributed by atoms with van der Waals surface area (Å²) in [6.07, 6.45) is -0.304. The second-order valence-electron chi connectivity index (χ2n) is 4.54. The minimum atomic E-state index is -1.56. The number of aliphatic hydroxyl groups excluding tert-OH is 1. The summed E-state index contributed by atoms with van der Waals surface area (Å²) in [7, 11) is 0. The zero-order valence-corrected chi connectivity index (χ0v) is 10.9. The second-order valence-corrected chi connectivity index (χ2v) is 4.54. The number of hydrogen-bond acceptors (Lipinski definition) is 4. The van der Waals surface area contributed by atoms with Gasteiger partial charge >= 0.3 is 11.9 Å². The molecule has 0 aromatic heterocycles. The van der Waals surface area contributed by atoms with Crippen LogP contribution in [0.1, 0.15) is 40.5 Å². The molecule has 0 aromatic rings. The van der Waals surface area contributed by atoms with Crippen LogP contribution in [-0.4, -0.2) is 34.9 Å². The van der Waals surface area contributed by atoms with E-state index in [0.717, 1.165) is 0 Å². The molecule has 0 bridgehead atoms. The minimum Gasteiger partial charge on any atom is -0.480 e. The summed E-state index contributed by atoms with van der Waals surface area (Å²) in [5.74, 6) is -2.30. The van der Waals surface area contributed by atoms with Crippen molar-refractivity contribution in [2.75, 3.05) is 6.61 Å². The number of aliphatic carboxylic acids is 1. The van der Waals surface area contributed by atoms with Crippen molar-refractivity contribution in [3.8, 4) is 0 Å². The first-order valence-electron chi connectivity index (χ1n) is 5.87. The summed E-state index contributed by atoms with van der Waals surface area (Å²) in [5, 5.41) is 18.6. The number of aliphatic hydroxyl groups is 1. The molecule has 5 heteroatoms. The van der Waals surface area contributed by atoms with Crippen LogP contribution in [0.5, 0.6) is 0 Å². The summed E-state index contributed by atoms with van der Waals surface area (Å²) in [6.45, 7) is 6.70. The van der Waals surface area contributed by atoms with Gasteiger partial charge in [0.2, 0.25) is 0 Å². The Labute approximate surface area is 102 Å². The predicted octanol–water partition coefficient (Wildman–Crippen LogP) is 1.44. The molecule has 0 spiro atoms. The number of carbonyl (C=O) groups excluding carboxylic acids is 1. The van der Waals surface area contributed by atoms with E-state index in [1.807, 2.05) is 0 Å². The molecule has 2 atom stereocenters. The number of ether oxygens (including phenoxy) is 1. The quantitative estimate of drug-likeness (QED) is 0.524. The molecule has 0 heterocycles. The molecule has 100 valence electrons. The van der Waals surface area contributed by atoms with Gasteiger partial charge in [-0.2, -0.15) is 0 Å². The van der Waals surface area contributed by atoms with Gasteiger partial charge in [-0.05, 0) is 32.6 Å². The summed E-state index contributed by atoms with van der Waals surface area (Å²) in [5.41, 5.74) is -1.56. The summed E-state index contributed by atoms with van der Waals surface area (Å²) in [6, 6.07) is 0. The Kier molecular flexibility index (Phi) is 6.16. The zero-order chi connectivity index (χ0) is 13.6. The minimum absolute atomic E-state index is 0.0799. The maximum atomic E-state index is 11.9. The Morgan fingerprint density at radius 1 is 1.29 bits per heavy atom. The lowest BCUT2D eigenvalue weighted by atomic mass is 9.73. The molecular weight excluding hydrogens is 224 g/mol. The fourth-order valence-electron chi connectivity index (χ4n) is 1.76. The number of carboxylic acid groups (broad SMARTS) is 1. The van der Waals surface area contributed by atoms with E-state index < -0.39 is 29.4 Å². The van der Waals surface area contributed by atoms with Crippen LogP contribution in [0.15, 0.2) is 0 Å². The molecule has 0 aliphatic heterocycles. The first kappa shape index (κ1) is 15.9. The summed E-state index contributed by atoms with van der Waals surface area (Å²) in [4.78, 5) is 23.3. The maximum absolute atomic E-state index is 11.9. The van der Waals surface area contributed by atoms with Crippen molar-refractivity contribution in [2.24, 2.45) is 11.3 Å². The fourth-order valence-corrected chi connectivity index (χ4v) is 1.76. The topological polar surface area (TPSA) is 83.8 Å². The second kappa shape index (κ2) is 6.59. The Bertz CT molecular complexity index is 272. The third-order valence-corrected chi connectivity index (χ3v) is 2.96. The molecule has 0 radical (unpaired) electrons. The van der Waals surface area contributed by atoms with E-state index in [1.165, 1.54) is 0 Å². The lowest BCUT2D eigenvalue weighted by Gasteiger charge is -2.31. The highest BCUT2D eigenvalue weighted by molar-refractivity contribution is 5.99. The van der Waals surface area contributed by atoms with Gasteiger partial charge in [-0.3, -0.25) is 9.59 Å². The van der Waals surface area contributed by atoms with Crippen LogP contribution in [0, 0.1) is 11.3 Å². The van der Waals surface area contributed by atoms with Crippen LogP contribution in [-0.2, 0) is 14.3 Å². The smallest absolute Gasteiger partial charge is 0.323 e. The molecule has 0 amide bonds. The Morgan fingerprint density at radius 3 is 2.12 bits per heavy atom. The summed E-state index contributed by atoms with van der Waals surface area (Å²) >= 11 is 0. The third-order valence-electron chi connectivity index (χ3n) is 2.96. The first-order chi connectivity index (χ1) is 7.78. The standard InChI is InChI=1S/C12H22O5/c1-5-17-11(16)12(8(2)3,10(14)15)7-6-9(4)13/h8-9,13H,5-7H2,1-4H3,(H,14,15). The molecular formula is C12H22O5. The van der Waals surface area contributed by atoms with Gasteiger partial charge in [-0.15, -0.1) is 0 Å². The first-order valence-corrected chi connectivity index (χ1v) is 5.87. The van der Waals surface area contributed by atoms with Crippen LogP contribution < -0.4 is 0 Å². The number of carboxylic acids is 1. The lowest BCUT2D eigenvalue weighted by molar-refractivity contribution is -0.173. The van der Waals surface area contributed by atoms with Crippen LogP contribution in [0.3, 0.4) is 0 Å². The van der Waals surface area contributed by atoms with E-state index in [1.54, 1.807) is 27.7 Å². The molecule has 2 unspecified atom stereocenters. The van der Waals surface area contributed by atoms with Gasteiger partial charge in [-0.25, -0.2) is 0 Å². The number of carbonyl (C=O) groups is 2. The molecule has 5 nitrogen and oxygen atoms in total. The Balaban J connectivity index is 5.13. The van der Waals surface area contributed by atoms with Gasteiger partial charge in [0.15, 0.2) is 5.41 Å². The average molecular weight is 246 g/mol. The molecule has 2 N–H and O–H groups in total. The van der Waals surface area contributed by atoms with Gasteiger partial charge in [0.05, 0.1) is 12.7 Å². The SMILES string of the molecule is CCOC(=O)C(CCC(C)O)(C(=O)O)C(C)C. The van der Waals surface area contributed by atoms with E-state index in [2.05, 4.69) is 0 Å². The van der Waals surface area contributed by atoms with Crippen molar-refractivity contribution in [3.05, 3.63) is 0 Å². The molecule has 0 saturated carbocycles. The number of esters is 1. The molecule has 0 saturated heterocycles. The Morgan fingerprint density at radius 2 is 1.82 bits per heavy atom. The van der Waals surface area contributed by atoms with E-state index >= 15 is 0 Å². The van der Waals surface area contributed by atoms with Crippen molar-refractivity contribution in [1.82, 2.24) is 0 Å².